The maximum atomic E-state index is 13.3. The van der Waals surface area contributed by atoms with Crippen molar-refractivity contribution in [3.63, 3.8) is 0 Å². The van der Waals surface area contributed by atoms with Gasteiger partial charge in [0, 0.05) is 12.3 Å². The topological polar surface area (TPSA) is 17.1 Å². The first-order valence-corrected chi connectivity index (χ1v) is 10.0. The Kier molecular flexibility index (Phi) is 3.51. The van der Waals surface area contributed by atoms with E-state index in [0.29, 0.717) is 22.5 Å². The summed E-state index contributed by atoms with van der Waals surface area (Å²) in [7, 11) is 0. The molecule has 0 saturated heterocycles. The van der Waals surface area contributed by atoms with Crippen LogP contribution in [0, 0.1) is 40.4 Å². The maximum Gasteiger partial charge on any atom is 0.137 e. The SMILES string of the molecule is CCC1CCC2C3CCC4CCCCC4(C)C3C(=O)CC12C. The monoisotopic (exact) mass is 302 g/mol. The minimum absolute atomic E-state index is 0.338. The van der Waals surface area contributed by atoms with Crippen molar-refractivity contribution >= 4 is 5.78 Å². The first-order valence-electron chi connectivity index (χ1n) is 10.0. The summed E-state index contributed by atoms with van der Waals surface area (Å²) in [5.41, 5.74) is 0.689. The molecule has 0 N–H and O–H groups in total. The van der Waals surface area contributed by atoms with Crippen LogP contribution < -0.4 is 0 Å². The summed E-state index contributed by atoms with van der Waals surface area (Å²) >= 11 is 0. The fraction of sp³-hybridized carbons (Fsp3) is 0.952. The van der Waals surface area contributed by atoms with Crippen molar-refractivity contribution < 1.29 is 4.79 Å². The number of hydrogen-bond acceptors (Lipinski definition) is 1. The van der Waals surface area contributed by atoms with Gasteiger partial charge in [-0.25, -0.2) is 0 Å². The Morgan fingerprint density at radius 1 is 1.00 bits per heavy atom. The third-order valence-corrected chi connectivity index (χ3v) is 8.96. The summed E-state index contributed by atoms with van der Waals surface area (Å²) in [6, 6.07) is 0. The van der Waals surface area contributed by atoms with Crippen molar-refractivity contribution in [3.8, 4) is 0 Å². The van der Waals surface area contributed by atoms with Gasteiger partial charge in [0.05, 0.1) is 0 Å². The first-order chi connectivity index (χ1) is 10.5. The van der Waals surface area contributed by atoms with E-state index >= 15 is 0 Å². The number of Topliss-reactive ketones (excluding diaryl/α,β-unsaturated/α-hetero) is 1. The molecular formula is C21H34O. The third kappa shape index (κ3) is 1.86. The Labute approximate surface area is 136 Å². The second-order valence-corrected chi connectivity index (χ2v) is 9.61. The highest BCUT2D eigenvalue weighted by Gasteiger charge is 2.62. The van der Waals surface area contributed by atoms with Crippen LogP contribution in [0.5, 0.6) is 0 Å². The van der Waals surface area contributed by atoms with Crippen molar-refractivity contribution in [2.45, 2.75) is 85.0 Å². The Hall–Kier alpha value is -0.330. The predicted octanol–water partition coefficient (Wildman–Crippen LogP) is 5.62. The Bertz CT molecular complexity index is 469. The molecule has 22 heavy (non-hydrogen) atoms. The number of ketones is 1. The minimum Gasteiger partial charge on any atom is -0.299 e. The lowest BCUT2D eigenvalue weighted by atomic mass is 9.44. The van der Waals surface area contributed by atoms with E-state index in [2.05, 4.69) is 20.8 Å². The van der Waals surface area contributed by atoms with Gasteiger partial charge >= 0.3 is 0 Å². The fourth-order valence-electron chi connectivity index (χ4n) is 7.88. The summed E-state index contributed by atoms with van der Waals surface area (Å²) in [6.45, 7) is 7.32. The van der Waals surface area contributed by atoms with Gasteiger partial charge in [0.25, 0.3) is 0 Å². The smallest absolute Gasteiger partial charge is 0.137 e. The Morgan fingerprint density at radius 3 is 2.59 bits per heavy atom. The van der Waals surface area contributed by atoms with E-state index in [0.717, 1.165) is 30.1 Å². The number of fused-ring (bicyclic) bond motifs is 5. The highest BCUT2D eigenvalue weighted by atomic mass is 16.1. The van der Waals surface area contributed by atoms with Crippen molar-refractivity contribution in [1.82, 2.24) is 0 Å². The number of carbonyl (C=O) groups is 1. The number of hydrogen-bond donors (Lipinski definition) is 0. The summed E-state index contributed by atoms with van der Waals surface area (Å²) in [4.78, 5) is 13.3. The van der Waals surface area contributed by atoms with Gasteiger partial charge in [-0.2, -0.15) is 0 Å². The molecule has 4 rings (SSSR count). The van der Waals surface area contributed by atoms with Crippen LogP contribution in [0.25, 0.3) is 0 Å². The van der Waals surface area contributed by atoms with Gasteiger partial charge in [-0.05, 0) is 73.0 Å². The third-order valence-electron chi connectivity index (χ3n) is 8.96. The van der Waals surface area contributed by atoms with Crippen LogP contribution in [0.1, 0.15) is 85.0 Å². The summed E-state index contributed by atoms with van der Waals surface area (Å²) < 4.78 is 0. The second kappa shape index (κ2) is 5.08. The average Bonchev–Trinajstić information content (AvgIpc) is 2.82. The Morgan fingerprint density at radius 2 is 1.82 bits per heavy atom. The molecule has 7 unspecified atom stereocenters. The van der Waals surface area contributed by atoms with E-state index in [1.54, 1.807) is 0 Å². The second-order valence-electron chi connectivity index (χ2n) is 9.61. The van der Waals surface area contributed by atoms with Crippen LogP contribution in [0.3, 0.4) is 0 Å². The highest BCUT2D eigenvalue weighted by Crippen LogP contribution is 2.66. The molecule has 4 aliphatic carbocycles. The molecule has 0 spiro atoms. The van der Waals surface area contributed by atoms with E-state index < -0.39 is 0 Å². The largest absolute Gasteiger partial charge is 0.299 e. The van der Waals surface area contributed by atoms with Crippen LogP contribution in [-0.4, -0.2) is 5.78 Å². The minimum atomic E-state index is 0.338. The molecule has 0 aromatic rings. The first kappa shape index (κ1) is 15.2. The zero-order valence-corrected chi connectivity index (χ0v) is 14.9. The van der Waals surface area contributed by atoms with Crippen LogP contribution in [0.4, 0.5) is 0 Å². The predicted molar refractivity (Wildman–Crippen MR) is 90.5 cm³/mol. The lowest BCUT2D eigenvalue weighted by molar-refractivity contribution is -0.157. The standard InChI is InChI=1S/C21H34O/c1-4-14-9-11-17-16-10-8-15-7-5-6-12-20(15,2)19(16)18(22)13-21(14,17)3/h14-17,19H,4-13H2,1-3H3. The molecule has 0 aromatic carbocycles. The van der Waals surface area contributed by atoms with Gasteiger partial charge in [0.2, 0.25) is 0 Å². The lowest BCUT2D eigenvalue weighted by Crippen LogP contribution is -2.56. The van der Waals surface area contributed by atoms with Gasteiger partial charge in [0.1, 0.15) is 5.78 Å². The molecule has 0 heterocycles. The van der Waals surface area contributed by atoms with Gasteiger partial charge in [-0.3, -0.25) is 4.79 Å². The quantitative estimate of drug-likeness (QED) is 0.614. The summed E-state index contributed by atoms with van der Waals surface area (Å²) in [5.74, 6) is 4.30. The maximum absolute atomic E-state index is 13.3. The molecule has 4 fully saturated rings. The van der Waals surface area contributed by atoms with Crippen molar-refractivity contribution in [3.05, 3.63) is 0 Å². The summed E-state index contributed by atoms with van der Waals surface area (Å²) in [6.07, 6.45) is 13.2. The van der Waals surface area contributed by atoms with Gasteiger partial charge in [-0.1, -0.05) is 40.0 Å². The molecule has 4 saturated carbocycles. The van der Waals surface area contributed by atoms with E-state index in [9.17, 15) is 4.79 Å². The van der Waals surface area contributed by atoms with Crippen molar-refractivity contribution in [2.75, 3.05) is 0 Å². The molecule has 0 radical (unpaired) electrons. The molecule has 0 amide bonds. The molecule has 0 aliphatic heterocycles. The molecule has 1 nitrogen and oxygen atoms in total. The van der Waals surface area contributed by atoms with E-state index in [4.69, 9.17) is 0 Å². The highest BCUT2D eigenvalue weighted by molar-refractivity contribution is 5.84. The van der Waals surface area contributed by atoms with Crippen LogP contribution in [0.15, 0.2) is 0 Å². The molecular weight excluding hydrogens is 268 g/mol. The van der Waals surface area contributed by atoms with Crippen LogP contribution in [-0.2, 0) is 4.79 Å². The molecule has 0 bridgehead atoms. The van der Waals surface area contributed by atoms with Gasteiger partial charge in [0.15, 0.2) is 0 Å². The van der Waals surface area contributed by atoms with Gasteiger partial charge < -0.3 is 0 Å². The van der Waals surface area contributed by atoms with Crippen LogP contribution >= 0.6 is 0 Å². The molecule has 4 aliphatic rings. The van der Waals surface area contributed by atoms with Crippen molar-refractivity contribution in [1.29, 1.82) is 0 Å². The number of rotatable bonds is 1. The zero-order chi connectivity index (χ0) is 15.5. The average molecular weight is 303 g/mol. The lowest BCUT2D eigenvalue weighted by Gasteiger charge is -2.59. The van der Waals surface area contributed by atoms with E-state index in [1.807, 2.05) is 0 Å². The van der Waals surface area contributed by atoms with Crippen molar-refractivity contribution in [2.24, 2.45) is 40.4 Å². The summed E-state index contributed by atoms with van der Waals surface area (Å²) in [5, 5.41) is 0. The van der Waals surface area contributed by atoms with Gasteiger partial charge in [-0.15, -0.1) is 0 Å². The fourth-order valence-corrected chi connectivity index (χ4v) is 7.88. The Balaban J connectivity index is 1.69. The van der Waals surface area contributed by atoms with E-state index in [1.165, 1.54) is 57.8 Å². The zero-order valence-electron chi connectivity index (χ0n) is 14.9. The molecule has 1 heteroatoms. The van der Waals surface area contributed by atoms with E-state index in [-0.39, 0.29) is 0 Å². The molecule has 0 aromatic heterocycles. The molecule has 124 valence electrons. The number of carbonyl (C=O) groups excluding carboxylic acids is 1. The van der Waals surface area contributed by atoms with Crippen LogP contribution in [0.2, 0.25) is 0 Å². The molecule has 7 atom stereocenters. The normalized spacial score (nSPS) is 54.5.